The quantitative estimate of drug-likeness (QED) is 0.140. The summed E-state index contributed by atoms with van der Waals surface area (Å²) >= 11 is 0. The number of anilines is 6. The van der Waals surface area contributed by atoms with Gasteiger partial charge in [0.05, 0.1) is 11.4 Å². The summed E-state index contributed by atoms with van der Waals surface area (Å²) in [4.78, 5) is 4.84. The molecule has 1 aliphatic carbocycles. The number of rotatable bonds is 8. The van der Waals surface area contributed by atoms with Gasteiger partial charge in [0.25, 0.3) is 0 Å². The van der Waals surface area contributed by atoms with Gasteiger partial charge >= 0.3 is 0 Å². The van der Waals surface area contributed by atoms with Crippen LogP contribution in [0.5, 0.6) is 0 Å². The van der Waals surface area contributed by atoms with Crippen molar-refractivity contribution in [2.45, 2.75) is 32.4 Å². The zero-order chi connectivity index (χ0) is 44.6. The number of nitrogens with zero attached hydrogens (tertiary/aromatic N) is 2. The molecule has 0 spiro atoms. The lowest BCUT2D eigenvalue weighted by molar-refractivity contribution is 0.660. The zero-order valence-corrected chi connectivity index (χ0v) is 38.8. The van der Waals surface area contributed by atoms with Gasteiger partial charge < -0.3 is 9.80 Å². The Hall–Kier alpha value is -7.72. The van der Waals surface area contributed by atoms with E-state index in [1.807, 2.05) is 0 Å². The van der Waals surface area contributed by atoms with Gasteiger partial charge in [-0.1, -0.05) is 191 Å². The molecule has 1 heterocycles. The first-order chi connectivity index (χ1) is 32.3. The molecular formula is C63H50N2Si. The Morgan fingerprint density at radius 1 is 0.333 bits per heavy atom. The number of benzene rings is 10. The molecule has 0 unspecified atom stereocenters. The second kappa shape index (κ2) is 15.5. The molecule has 0 fully saturated rings. The summed E-state index contributed by atoms with van der Waals surface area (Å²) in [6.07, 6.45) is 0. The van der Waals surface area contributed by atoms with Crippen molar-refractivity contribution in [3.05, 3.63) is 242 Å². The molecule has 3 heteroatoms. The van der Waals surface area contributed by atoms with E-state index < -0.39 is 8.07 Å². The number of fused-ring (bicyclic) bond motifs is 5. The Morgan fingerprint density at radius 2 is 0.864 bits per heavy atom. The third-order valence-corrected chi connectivity index (χ3v) is 18.0. The SMILES string of the molecule is CC1(C)c2cc(-c3ccc4c(c3)[Si](C)(C)c3cccc5c(N(c6ccccc6)c6ccccc6-c6ccccc6)ccc-4c35)ccc2-c2ccc(N(c3ccccc3)c3ccccc3)cc21. The minimum atomic E-state index is -2.20. The van der Waals surface area contributed by atoms with Crippen LogP contribution in [0.1, 0.15) is 25.0 Å². The fourth-order valence-corrected chi connectivity index (χ4v) is 14.2. The van der Waals surface area contributed by atoms with E-state index >= 15 is 0 Å². The first-order valence-corrected chi connectivity index (χ1v) is 26.2. The maximum atomic E-state index is 2.55. The third kappa shape index (κ3) is 6.29. The Labute approximate surface area is 389 Å². The van der Waals surface area contributed by atoms with Crippen LogP contribution in [0.2, 0.25) is 13.1 Å². The van der Waals surface area contributed by atoms with E-state index in [2.05, 4.69) is 267 Å². The molecule has 0 atom stereocenters. The predicted octanol–water partition coefficient (Wildman–Crippen LogP) is 16.2. The smallest absolute Gasteiger partial charge is 0.113 e. The first kappa shape index (κ1) is 39.8. The third-order valence-electron chi connectivity index (χ3n) is 14.4. The molecule has 0 N–H and O–H groups in total. The van der Waals surface area contributed by atoms with Crippen molar-refractivity contribution in [3.63, 3.8) is 0 Å². The molecule has 0 saturated heterocycles. The minimum Gasteiger partial charge on any atom is -0.310 e. The highest BCUT2D eigenvalue weighted by atomic mass is 28.3. The molecule has 0 bridgehead atoms. The van der Waals surface area contributed by atoms with Crippen LogP contribution in [0.3, 0.4) is 0 Å². The Morgan fingerprint density at radius 3 is 1.53 bits per heavy atom. The fraction of sp³-hybridized carbons (Fsp3) is 0.0794. The molecule has 2 nitrogen and oxygen atoms in total. The van der Waals surface area contributed by atoms with Gasteiger partial charge in [-0.25, -0.2) is 0 Å². The summed E-state index contributed by atoms with van der Waals surface area (Å²) < 4.78 is 0. The zero-order valence-electron chi connectivity index (χ0n) is 37.8. The fourth-order valence-electron chi connectivity index (χ4n) is 11.1. The first-order valence-electron chi connectivity index (χ1n) is 23.2. The Balaban J connectivity index is 0.944. The lowest BCUT2D eigenvalue weighted by Gasteiger charge is -2.36. The van der Waals surface area contributed by atoms with Gasteiger partial charge in [-0.2, -0.15) is 0 Å². The van der Waals surface area contributed by atoms with E-state index in [0.717, 1.165) is 22.7 Å². The average molecular weight is 863 g/mol. The maximum Gasteiger partial charge on any atom is 0.113 e. The molecule has 0 amide bonds. The molecule has 316 valence electrons. The van der Waals surface area contributed by atoms with Gasteiger partial charge in [-0.15, -0.1) is 0 Å². The summed E-state index contributed by atoms with van der Waals surface area (Å²) in [6, 6.07) is 85.3. The van der Waals surface area contributed by atoms with Gasteiger partial charge in [0.1, 0.15) is 8.07 Å². The maximum absolute atomic E-state index is 2.55. The molecule has 2 aliphatic rings. The summed E-state index contributed by atoms with van der Waals surface area (Å²) in [5.74, 6) is 0. The second-order valence-corrected chi connectivity index (χ2v) is 23.2. The molecule has 1 aliphatic heterocycles. The largest absolute Gasteiger partial charge is 0.310 e. The van der Waals surface area contributed by atoms with E-state index in [-0.39, 0.29) is 5.41 Å². The average Bonchev–Trinajstić information content (AvgIpc) is 3.59. The van der Waals surface area contributed by atoms with Gasteiger partial charge in [0.15, 0.2) is 0 Å². The van der Waals surface area contributed by atoms with E-state index in [0.29, 0.717) is 0 Å². The van der Waals surface area contributed by atoms with Crippen molar-refractivity contribution in [2.24, 2.45) is 0 Å². The molecule has 12 rings (SSSR count). The highest BCUT2D eigenvalue weighted by Crippen LogP contribution is 2.52. The Bertz CT molecular complexity index is 3430. The van der Waals surface area contributed by atoms with Crippen LogP contribution in [-0.2, 0) is 5.41 Å². The second-order valence-electron chi connectivity index (χ2n) is 18.9. The molecule has 10 aromatic carbocycles. The van der Waals surface area contributed by atoms with Crippen LogP contribution >= 0.6 is 0 Å². The Kier molecular flexibility index (Phi) is 9.34. The highest BCUT2D eigenvalue weighted by Gasteiger charge is 2.38. The molecular weight excluding hydrogens is 813 g/mol. The van der Waals surface area contributed by atoms with Crippen molar-refractivity contribution in [1.82, 2.24) is 0 Å². The molecule has 66 heavy (non-hydrogen) atoms. The van der Waals surface area contributed by atoms with Gasteiger partial charge in [-0.05, 0) is 133 Å². The standard InChI is InChI=1S/C63H50N2Si/c1-63(2)56-40-44(32-35-51(56)52-37-34-49(42-57(52)63)64(46-22-11-6-12-23-46)47-24-13-7-14-25-47)45-33-36-53-54-38-39-59(55-29-19-31-60(62(54)55)66(3,4)61(53)41-45)65(48-26-15-8-16-27-48)58-30-18-17-28-50(58)43-20-9-5-10-21-43/h5-42H,1-4H3. The van der Waals surface area contributed by atoms with Gasteiger partial charge in [-0.3, -0.25) is 0 Å². The van der Waals surface area contributed by atoms with Gasteiger partial charge in [0, 0.05) is 39.1 Å². The van der Waals surface area contributed by atoms with Crippen LogP contribution in [0.4, 0.5) is 34.1 Å². The molecule has 0 radical (unpaired) electrons. The van der Waals surface area contributed by atoms with E-state index in [1.54, 1.807) is 0 Å². The monoisotopic (exact) mass is 862 g/mol. The van der Waals surface area contributed by atoms with E-state index in [9.17, 15) is 0 Å². The highest BCUT2D eigenvalue weighted by molar-refractivity contribution is 7.03. The van der Waals surface area contributed by atoms with Crippen molar-refractivity contribution in [3.8, 4) is 44.5 Å². The van der Waals surface area contributed by atoms with Crippen LogP contribution < -0.4 is 20.2 Å². The molecule has 10 aromatic rings. The number of para-hydroxylation sites is 4. The van der Waals surface area contributed by atoms with E-state index in [1.165, 1.54) is 88.2 Å². The van der Waals surface area contributed by atoms with Crippen LogP contribution in [-0.4, -0.2) is 8.07 Å². The van der Waals surface area contributed by atoms with Crippen LogP contribution in [0.15, 0.2) is 231 Å². The summed E-state index contributed by atoms with van der Waals surface area (Å²) in [7, 11) is -2.20. The van der Waals surface area contributed by atoms with E-state index in [4.69, 9.17) is 0 Å². The minimum absolute atomic E-state index is 0.181. The number of hydrogen-bond acceptors (Lipinski definition) is 2. The van der Waals surface area contributed by atoms with Crippen LogP contribution in [0, 0.1) is 0 Å². The van der Waals surface area contributed by atoms with Crippen molar-refractivity contribution in [1.29, 1.82) is 0 Å². The van der Waals surface area contributed by atoms with Crippen molar-refractivity contribution >= 4 is 63.3 Å². The molecule has 0 aromatic heterocycles. The predicted molar refractivity (Wildman–Crippen MR) is 284 cm³/mol. The lowest BCUT2D eigenvalue weighted by atomic mass is 9.81. The number of hydrogen-bond donors (Lipinski definition) is 0. The summed E-state index contributed by atoms with van der Waals surface area (Å²) in [5.41, 5.74) is 19.8. The van der Waals surface area contributed by atoms with Crippen molar-refractivity contribution < 1.29 is 0 Å². The van der Waals surface area contributed by atoms with Gasteiger partial charge in [0.2, 0.25) is 0 Å². The lowest BCUT2D eigenvalue weighted by Crippen LogP contribution is -2.55. The van der Waals surface area contributed by atoms with Crippen LogP contribution in [0.25, 0.3) is 55.3 Å². The summed E-state index contributed by atoms with van der Waals surface area (Å²) in [6.45, 7) is 9.89. The summed E-state index contributed by atoms with van der Waals surface area (Å²) in [5, 5.41) is 5.66. The topological polar surface area (TPSA) is 6.48 Å². The molecule has 0 saturated carbocycles. The normalized spacial score (nSPS) is 13.7. The van der Waals surface area contributed by atoms with Crippen molar-refractivity contribution in [2.75, 3.05) is 9.80 Å².